The van der Waals surface area contributed by atoms with Crippen molar-refractivity contribution in [1.82, 2.24) is 5.32 Å². The highest BCUT2D eigenvalue weighted by Crippen LogP contribution is 2.29. The summed E-state index contributed by atoms with van der Waals surface area (Å²) in [6, 6.07) is 15.9. The van der Waals surface area contributed by atoms with Crippen molar-refractivity contribution in [3.8, 4) is 11.5 Å². The first kappa shape index (κ1) is 18.1. The zero-order valence-electron chi connectivity index (χ0n) is 15.3. The number of guanidine groups is 1. The van der Waals surface area contributed by atoms with Gasteiger partial charge in [0.1, 0.15) is 6.61 Å². The molecule has 5 heteroatoms. The van der Waals surface area contributed by atoms with Gasteiger partial charge in [-0.1, -0.05) is 42.8 Å². The van der Waals surface area contributed by atoms with Crippen molar-refractivity contribution in [1.29, 1.82) is 0 Å². The number of nitrogens with zero attached hydrogens (tertiary/aromatic N) is 1. The summed E-state index contributed by atoms with van der Waals surface area (Å²) in [7, 11) is 1.65. The molecule has 1 aliphatic rings. The first-order valence-electron chi connectivity index (χ1n) is 9.12. The molecule has 5 nitrogen and oxygen atoms in total. The highest BCUT2D eigenvalue weighted by molar-refractivity contribution is 5.77. The van der Waals surface area contributed by atoms with E-state index in [1.54, 1.807) is 7.11 Å². The second-order valence-corrected chi connectivity index (χ2v) is 6.64. The minimum atomic E-state index is 0.500. The Labute approximate surface area is 155 Å². The van der Waals surface area contributed by atoms with E-state index in [0.717, 1.165) is 29.3 Å². The Bertz CT molecular complexity index is 727. The zero-order chi connectivity index (χ0) is 18.2. The molecule has 0 unspecified atom stereocenters. The Morgan fingerprint density at radius 1 is 1.12 bits per heavy atom. The second kappa shape index (κ2) is 9.13. The van der Waals surface area contributed by atoms with Crippen molar-refractivity contribution < 1.29 is 9.47 Å². The summed E-state index contributed by atoms with van der Waals surface area (Å²) in [5.41, 5.74) is 8.09. The molecule has 0 bridgehead atoms. The lowest BCUT2D eigenvalue weighted by atomic mass is 9.85. The van der Waals surface area contributed by atoms with Crippen molar-refractivity contribution in [3.05, 3.63) is 59.7 Å². The number of nitrogens with one attached hydrogen (secondary N) is 1. The molecule has 2 aromatic rings. The number of hydrogen-bond donors (Lipinski definition) is 2. The Hall–Kier alpha value is -2.69. The number of nitrogens with two attached hydrogens (primary N) is 1. The average Bonchev–Trinajstić information content (AvgIpc) is 2.64. The number of benzene rings is 2. The van der Waals surface area contributed by atoms with Crippen LogP contribution in [0.3, 0.4) is 0 Å². The lowest BCUT2D eigenvalue weighted by molar-refractivity contribution is 0.284. The smallest absolute Gasteiger partial charge is 0.188 e. The fraction of sp³-hybridized carbons (Fsp3) is 0.381. The third-order valence-corrected chi connectivity index (χ3v) is 4.69. The standard InChI is InChI=1S/C21H27N3O2/c1-25-20-12-18(14-24-21(22)23-13-16-8-5-9-16)10-11-19(20)26-15-17-6-3-2-4-7-17/h2-4,6-7,10-12,16H,5,8-9,13-15H2,1H3,(H3,22,23,24). The topological polar surface area (TPSA) is 68.9 Å². The molecule has 1 fully saturated rings. The van der Waals surface area contributed by atoms with Gasteiger partial charge in [-0.15, -0.1) is 0 Å². The third kappa shape index (κ3) is 5.15. The lowest BCUT2D eigenvalue weighted by Crippen LogP contribution is -2.37. The van der Waals surface area contributed by atoms with Gasteiger partial charge in [0.05, 0.1) is 13.7 Å². The molecule has 0 aliphatic heterocycles. The number of aliphatic imine (C=N–C) groups is 1. The van der Waals surface area contributed by atoms with Crippen molar-refractivity contribution in [2.75, 3.05) is 13.7 Å². The quantitative estimate of drug-likeness (QED) is 0.563. The number of hydrogen-bond acceptors (Lipinski definition) is 3. The van der Waals surface area contributed by atoms with E-state index in [-0.39, 0.29) is 0 Å². The maximum atomic E-state index is 5.94. The van der Waals surface area contributed by atoms with Crippen LogP contribution in [-0.2, 0) is 13.2 Å². The molecule has 0 saturated heterocycles. The molecule has 0 amide bonds. The molecule has 3 rings (SSSR count). The van der Waals surface area contributed by atoms with Gasteiger partial charge in [0.2, 0.25) is 0 Å². The van der Waals surface area contributed by atoms with Crippen LogP contribution in [0.5, 0.6) is 11.5 Å². The highest BCUT2D eigenvalue weighted by atomic mass is 16.5. The number of ether oxygens (including phenoxy) is 2. The van der Waals surface area contributed by atoms with Crippen molar-refractivity contribution in [3.63, 3.8) is 0 Å². The van der Waals surface area contributed by atoms with E-state index in [1.165, 1.54) is 19.3 Å². The first-order valence-corrected chi connectivity index (χ1v) is 9.12. The van der Waals surface area contributed by atoms with Gasteiger partial charge in [-0.3, -0.25) is 0 Å². The van der Waals surface area contributed by atoms with Crippen LogP contribution in [0, 0.1) is 5.92 Å². The van der Waals surface area contributed by atoms with Crippen molar-refractivity contribution >= 4 is 5.96 Å². The highest BCUT2D eigenvalue weighted by Gasteiger charge is 2.16. The maximum Gasteiger partial charge on any atom is 0.188 e. The lowest BCUT2D eigenvalue weighted by Gasteiger charge is -2.25. The van der Waals surface area contributed by atoms with Gasteiger partial charge in [0, 0.05) is 6.54 Å². The number of rotatable bonds is 8. The van der Waals surface area contributed by atoms with Gasteiger partial charge in [-0.2, -0.15) is 0 Å². The maximum absolute atomic E-state index is 5.94. The predicted molar refractivity (Wildman–Crippen MR) is 104 cm³/mol. The van der Waals surface area contributed by atoms with Gasteiger partial charge >= 0.3 is 0 Å². The molecule has 1 aliphatic carbocycles. The predicted octanol–water partition coefficient (Wildman–Crippen LogP) is 3.48. The Morgan fingerprint density at radius 2 is 1.92 bits per heavy atom. The van der Waals surface area contributed by atoms with Crippen LogP contribution in [0.15, 0.2) is 53.5 Å². The van der Waals surface area contributed by atoms with Crippen LogP contribution in [-0.4, -0.2) is 19.6 Å². The Kier molecular flexibility index (Phi) is 6.36. The van der Waals surface area contributed by atoms with Gasteiger partial charge < -0.3 is 20.5 Å². The van der Waals surface area contributed by atoms with Gasteiger partial charge in [0.15, 0.2) is 17.5 Å². The minimum absolute atomic E-state index is 0.500. The fourth-order valence-corrected chi connectivity index (χ4v) is 2.84. The fourth-order valence-electron chi connectivity index (χ4n) is 2.84. The van der Waals surface area contributed by atoms with E-state index in [2.05, 4.69) is 10.3 Å². The van der Waals surface area contributed by atoms with E-state index < -0.39 is 0 Å². The molecule has 1 saturated carbocycles. The Balaban J connectivity index is 1.55. The van der Waals surface area contributed by atoms with Crippen LogP contribution in [0.4, 0.5) is 0 Å². The molecule has 0 radical (unpaired) electrons. The molecule has 3 N–H and O–H groups in total. The van der Waals surface area contributed by atoms with Crippen LogP contribution in [0.2, 0.25) is 0 Å². The van der Waals surface area contributed by atoms with E-state index in [0.29, 0.717) is 24.9 Å². The summed E-state index contributed by atoms with van der Waals surface area (Å²) in [5.74, 6) is 2.68. The summed E-state index contributed by atoms with van der Waals surface area (Å²) in [6.07, 6.45) is 3.92. The third-order valence-electron chi connectivity index (χ3n) is 4.69. The minimum Gasteiger partial charge on any atom is -0.493 e. The largest absolute Gasteiger partial charge is 0.493 e. The zero-order valence-corrected chi connectivity index (χ0v) is 15.3. The van der Waals surface area contributed by atoms with E-state index in [9.17, 15) is 0 Å². The molecular formula is C21H27N3O2. The summed E-state index contributed by atoms with van der Waals surface area (Å²) in [4.78, 5) is 4.41. The Morgan fingerprint density at radius 3 is 2.62 bits per heavy atom. The second-order valence-electron chi connectivity index (χ2n) is 6.64. The molecular weight excluding hydrogens is 326 g/mol. The summed E-state index contributed by atoms with van der Waals surface area (Å²) in [6.45, 7) is 1.94. The van der Waals surface area contributed by atoms with Gasteiger partial charge in [-0.05, 0) is 42.0 Å². The first-order chi connectivity index (χ1) is 12.7. The van der Waals surface area contributed by atoms with Crippen LogP contribution in [0.1, 0.15) is 30.4 Å². The molecule has 0 atom stereocenters. The van der Waals surface area contributed by atoms with Crippen molar-refractivity contribution in [2.45, 2.75) is 32.4 Å². The summed E-state index contributed by atoms with van der Waals surface area (Å²) < 4.78 is 11.3. The normalized spacial score (nSPS) is 14.6. The van der Waals surface area contributed by atoms with Crippen molar-refractivity contribution in [2.24, 2.45) is 16.6 Å². The molecule has 0 spiro atoms. The van der Waals surface area contributed by atoms with E-state index in [4.69, 9.17) is 15.2 Å². The van der Waals surface area contributed by atoms with E-state index in [1.807, 2.05) is 48.5 Å². The summed E-state index contributed by atoms with van der Waals surface area (Å²) >= 11 is 0. The monoisotopic (exact) mass is 353 g/mol. The van der Waals surface area contributed by atoms with Crippen LogP contribution >= 0.6 is 0 Å². The van der Waals surface area contributed by atoms with Crippen LogP contribution < -0.4 is 20.5 Å². The molecule has 0 heterocycles. The SMILES string of the molecule is COc1cc(CN=C(N)NCC2CCC2)ccc1OCc1ccccc1. The molecule has 2 aromatic carbocycles. The van der Waals surface area contributed by atoms with Crippen LogP contribution in [0.25, 0.3) is 0 Å². The average molecular weight is 353 g/mol. The van der Waals surface area contributed by atoms with E-state index >= 15 is 0 Å². The van der Waals surface area contributed by atoms with Gasteiger partial charge in [-0.25, -0.2) is 4.99 Å². The molecule has 26 heavy (non-hydrogen) atoms. The number of methoxy groups -OCH3 is 1. The van der Waals surface area contributed by atoms with Gasteiger partial charge in [0.25, 0.3) is 0 Å². The molecule has 138 valence electrons. The summed E-state index contributed by atoms with van der Waals surface area (Å²) in [5, 5.41) is 3.21. The molecule has 0 aromatic heterocycles.